The Balaban J connectivity index is 2.51. The second-order valence-corrected chi connectivity index (χ2v) is 6.91. The first kappa shape index (κ1) is 15.4. The number of thiophene rings is 1. The van der Waals surface area contributed by atoms with Crippen molar-refractivity contribution in [3.63, 3.8) is 0 Å². The molecule has 2 aromatic rings. The Morgan fingerprint density at radius 2 is 2.00 bits per heavy atom. The summed E-state index contributed by atoms with van der Waals surface area (Å²) >= 11 is 18.1. The third-order valence-electron chi connectivity index (χ3n) is 2.51. The molecule has 0 bridgehead atoms. The molecule has 0 N–H and O–H groups in total. The maximum atomic E-state index is 12.1. The van der Waals surface area contributed by atoms with Crippen molar-refractivity contribution in [3.8, 4) is 5.69 Å². The molecule has 20 heavy (non-hydrogen) atoms. The number of alkyl halides is 3. The van der Waals surface area contributed by atoms with Gasteiger partial charge in [0.15, 0.2) is 0 Å². The number of hydrogen-bond donors (Lipinski definition) is 0. The van der Waals surface area contributed by atoms with Crippen LogP contribution in [0.3, 0.4) is 0 Å². The third-order valence-corrected chi connectivity index (χ3v) is 3.91. The second kappa shape index (κ2) is 5.77. The molecular weight excluding hydrogens is 345 g/mol. The average Bonchev–Trinajstić information content (AvgIpc) is 3.03. The van der Waals surface area contributed by atoms with E-state index in [0.29, 0.717) is 10.6 Å². The minimum atomic E-state index is -2.06. The molecule has 0 atom stereocenters. The van der Waals surface area contributed by atoms with Crippen LogP contribution < -0.4 is 0 Å². The first-order chi connectivity index (χ1) is 9.36. The van der Waals surface area contributed by atoms with E-state index in [2.05, 4.69) is 0 Å². The van der Waals surface area contributed by atoms with Gasteiger partial charge < -0.3 is 9.30 Å². The molecule has 106 valence electrons. The van der Waals surface area contributed by atoms with Gasteiger partial charge in [0.25, 0.3) is 3.79 Å². The number of ether oxygens (including phenoxy) is 1. The molecule has 0 aromatic carbocycles. The Morgan fingerprint density at radius 1 is 1.30 bits per heavy atom. The van der Waals surface area contributed by atoms with Crippen molar-refractivity contribution in [1.82, 2.24) is 4.57 Å². The van der Waals surface area contributed by atoms with E-state index in [-0.39, 0.29) is 5.69 Å². The van der Waals surface area contributed by atoms with Gasteiger partial charge in [0.2, 0.25) is 5.78 Å². The number of carbonyl (C=O) groups excluding carboxylic acids is 2. The van der Waals surface area contributed by atoms with Crippen LogP contribution in [0.15, 0.2) is 29.8 Å². The van der Waals surface area contributed by atoms with Gasteiger partial charge in [-0.05, 0) is 23.6 Å². The molecule has 0 radical (unpaired) electrons. The van der Waals surface area contributed by atoms with E-state index in [1.165, 1.54) is 29.1 Å². The summed E-state index contributed by atoms with van der Waals surface area (Å²) in [5, 5.41) is 1.71. The number of esters is 1. The van der Waals surface area contributed by atoms with Crippen molar-refractivity contribution in [2.75, 3.05) is 7.11 Å². The van der Waals surface area contributed by atoms with Crippen molar-refractivity contribution in [3.05, 3.63) is 40.3 Å². The van der Waals surface area contributed by atoms with E-state index in [4.69, 9.17) is 39.5 Å². The lowest BCUT2D eigenvalue weighted by molar-refractivity contribution is 0.0606. The minimum absolute atomic E-state index is 0.175. The first-order valence-corrected chi connectivity index (χ1v) is 7.32. The Hall–Kier alpha value is -1.01. The average molecular weight is 353 g/mol. The molecule has 2 rings (SSSR count). The van der Waals surface area contributed by atoms with Gasteiger partial charge in [-0.2, -0.15) is 0 Å². The van der Waals surface area contributed by atoms with E-state index in [9.17, 15) is 9.59 Å². The van der Waals surface area contributed by atoms with Crippen molar-refractivity contribution in [2.24, 2.45) is 0 Å². The summed E-state index contributed by atoms with van der Waals surface area (Å²) < 4.78 is 4.13. The number of halogens is 3. The van der Waals surface area contributed by atoms with E-state index in [0.717, 1.165) is 0 Å². The molecular formula is C12H8Cl3NO3S. The fraction of sp³-hybridized carbons (Fsp3) is 0.167. The van der Waals surface area contributed by atoms with Crippen LogP contribution in [-0.2, 0) is 4.74 Å². The first-order valence-electron chi connectivity index (χ1n) is 5.31. The van der Waals surface area contributed by atoms with Gasteiger partial charge in [0.05, 0.1) is 18.5 Å². The summed E-state index contributed by atoms with van der Waals surface area (Å²) in [6.45, 7) is 0. The number of hydrogen-bond acceptors (Lipinski definition) is 4. The molecule has 8 heteroatoms. The van der Waals surface area contributed by atoms with Crippen molar-refractivity contribution in [2.45, 2.75) is 3.79 Å². The third kappa shape index (κ3) is 2.86. The van der Waals surface area contributed by atoms with Crippen LogP contribution in [0.5, 0.6) is 0 Å². The molecule has 0 saturated heterocycles. The fourth-order valence-electron chi connectivity index (χ4n) is 1.66. The number of ketones is 1. The summed E-state index contributed by atoms with van der Waals surface area (Å²) in [4.78, 5) is 24.1. The van der Waals surface area contributed by atoms with Gasteiger partial charge in [0, 0.05) is 6.20 Å². The van der Waals surface area contributed by atoms with Crippen LogP contribution in [0, 0.1) is 0 Å². The van der Waals surface area contributed by atoms with Crippen molar-refractivity contribution < 1.29 is 14.3 Å². The Morgan fingerprint density at radius 3 is 2.60 bits per heavy atom. The predicted molar refractivity (Wildman–Crippen MR) is 79.6 cm³/mol. The molecule has 0 unspecified atom stereocenters. The Kier molecular flexibility index (Phi) is 4.44. The molecule has 0 aliphatic carbocycles. The highest BCUT2D eigenvalue weighted by molar-refractivity contribution is 7.12. The van der Waals surface area contributed by atoms with Gasteiger partial charge in [-0.3, -0.25) is 4.79 Å². The summed E-state index contributed by atoms with van der Waals surface area (Å²) in [5.41, 5.74) is 0.679. The molecule has 0 amide bonds. The van der Waals surface area contributed by atoms with Crippen LogP contribution in [0.1, 0.15) is 20.2 Å². The smallest absolute Gasteiger partial charge is 0.350 e. The largest absolute Gasteiger partial charge is 0.465 e. The maximum absolute atomic E-state index is 12.1. The molecule has 0 aliphatic heterocycles. The van der Waals surface area contributed by atoms with Gasteiger partial charge in [-0.1, -0.05) is 34.8 Å². The molecule has 4 nitrogen and oxygen atoms in total. The second-order valence-electron chi connectivity index (χ2n) is 3.72. The van der Waals surface area contributed by atoms with E-state index in [1.54, 1.807) is 23.7 Å². The van der Waals surface area contributed by atoms with Gasteiger partial charge in [-0.15, -0.1) is 11.3 Å². The summed E-state index contributed by atoms with van der Waals surface area (Å²) in [7, 11) is 1.29. The number of methoxy groups -OCH3 is 1. The zero-order valence-electron chi connectivity index (χ0n) is 10.1. The SMILES string of the molecule is COC(=O)c1sccc1-n1cccc1C(=O)C(Cl)(Cl)Cl. The highest BCUT2D eigenvalue weighted by atomic mass is 35.6. The fourth-order valence-corrected chi connectivity index (χ4v) is 2.75. The Bertz CT molecular complexity index is 657. The number of nitrogens with zero attached hydrogens (tertiary/aromatic N) is 1. The lowest BCUT2D eigenvalue weighted by atomic mass is 10.3. The lowest BCUT2D eigenvalue weighted by Crippen LogP contribution is -2.22. The van der Waals surface area contributed by atoms with Crippen molar-refractivity contribution in [1.29, 1.82) is 0 Å². The van der Waals surface area contributed by atoms with Crippen LogP contribution in [0.25, 0.3) is 5.69 Å². The lowest BCUT2D eigenvalue weighted by Gasteiger charge is -2.12. The quantitative estimate of drug-likeness (QED) is 0.478. The number of aromatic nitrogens is 1. The van der Waals surface area contributed by atoms with Gasteiger partial charge >= 0.3 is 5.97 Å². The van der Waals surface area contributed by atoms with Crippen LogP contribution in [0.4, 0.5) is 0 Å². The molecule has 0 aliphatic rings. The molecule has 0 saturated carbocycles. The minimum Gasteiger partial charge on any atom is -0.465 e. The van der Waals surface area contributed by atoms with Crippen molar-refractivity contribution >= 4 is 57.9 Å². The highest BCUT2D eigenvalue weighted by Gasteiger charge is 2.34. The molecule has 0 fully saturated rings. The van der Waals surface area contributed by atoms with Crippen LogP contribution in [-0.4, -0.2) is 27.2 Å². The number of rotatable bonds is 3. The monoisotopic (exact) mass is 351 g/mol. The zero-order valence-corrected chi connectivity index (χ0v) is 13.2. The summed E-state index contributed by atoms with van der Waals surface area (Å²) in [5.74, 6) is -1.16. The van der Waals surface area contributed by atoms with E-state index < -0.39 is 15.5 Å². The van der Waals surface area contributed by atoms with Crippen LogP contribution >= 0.6 is 46.1 Å². The molecule has 2 aromatic heterocycles. The molecule has 2 heterocycles. The summed E-state index contributed by atoms with van der Waals surface area (Å²) in [6, 6.07) is 4.83. The summed E-state index contributed by atoms with van der Waals surface area (Å²) in [6.07, 6.45) is 1.61. The Labute approximate surface area is 133 Å². The highest BCUT2D eigenvalue weighted by Crippen LogP contribution is 2.32. The maximum Gasteiger partial charge on any atom is 0.350 e. The van der Waals surface area contributed by atoms with Gasteiger partial charge in [-0.25, -0.2) is 4.79 Å². The van der Waals surface area contributed by atoms with E-state index in [1.807, 2.05) is 0 Å². The van der Waals surface area contributed by atoms with Crippen LogP contribution in [0.2, 0.25) is 0 Å². The number of carbonyl (C=O) groups is 2. The van der Waals surface area contributed by atoms with E-state index >= 15 is 0 Å². The predicted octanol–water partition coefficient (Wildman–Crippen LogP) is 3.88. The molecule has 0 spiro atoms. The zero-order chi connectivity index (χ0) is 14.9. The van der Waals surface area contributed by atoms with Gasteiger partial charge in [0.1, 0.15) is 4.88 Å². The number of Topliss-reactive ketones (excluding diaryl/α,β-unsaturated/α-hetero) is 1. The standard InChI is InChI=1S/C12H8Cl3NO3S/c1-19-11(18)9-7(4-6-20-9)16-5-2-3-8(16)10(17)12(13,14)15/h2-6H,1H3. The topological polar surface area (TPSA) is 48.3 Å². The normalized spacial score (nSPS) is 11.4.